The normalized spacial score (nSPS) is 17.8. The van der Waals surface area contributed by atoms with E-state index < -0.39 is 0 Å². The Labute approximate surface area is 199 Å². The smallest absolute Gasteiger partial charge is 0.305 e. The van der Waals surface area contributed by atoms with Gasteiger partial charge >= 0.3 is 5.97 Å². The van der Waals surface area contributed by atoms with E-state index in [9.17, 15) is 9.90 Å². The molecule has 7 nitrogen and oxygen atoms in total. The van der Waals surface area contributed by atoms with E-state index in [2.05, 4.69) is 32.8 Å². The third-order valence-corrected chi connectivity index (χ3v) is 6.47. The number of nitrogens with one attached hydrogen (secondary N) is 1. The van der Waals surface area contributed by atoms with Gasteiger partial charge in [-0.25, -0.2) is 0 Å². The Morgan fingerprint density at radius 1 is 1.21 bits per heavy atom. The number of thiocarbonyl (C=S) groups is 1. The average molecular weight is 465 g/mol. The highest BCUT2D eigenvalue weighted by Gasteiger charge is 2.41. The van der Waals surface area contributed by atoms with Crippen molar-refractivity contribution in [1.82, 2.24) is 19.8 Å². The first kappa shape index (κ1) is 22.8. The van der Waals surface area contributed by atoms with Crippen LogP contribution in [0.1, 0.15) is 47.6 Å². The number of ether oxygens (including phenoxy) is 1. The van der Waals surface area contributed by atoms with E-state index in [0.717, 1.165) is 28.3 Å². The van der Waals surface area contributed by atoms with Gasteiger partial charge in [-0.15, -0.1) is 0 Å². The van der Waals surface area contributed by atoms with Crippen molar-refractivity contribution < 1.29 is 14.6 Å². The standard InChI is InChI=1S/C25H28N4O3S/c1-16-15-18(17(2)29(16)20-10-4-5-11-21(20)30)24-23(19-9-6-7-13-26-19)27-25(33)28(24)14-8-12-22(31)32-3/h4-7,9-11,13,15,23-24,30H,8,12,14H2,1-3H3,(H,27,33)/t23-,24+/m1/s1. The van der Waals surface area contributed by atoms with Gasteiger partial charge < -0.3 is 24.6 Å². The first-order chi connectivity index (χ1) is 15.9. The molecule has 3 aromatic rings. The number of aryl methyl sites for hydroxylation is 1. The number of nitrogens with zero attached hydrogens (tertiary/aromatic N) is 3. The van der Waals surface area contributed by atoms with Crippen molar-refractivity contribution in [1.29, 1.82) is 0 Å². The number of phenolic OH excluding ortho intramolecular Hbond substituents is 1. The number of pyridine rings is 1. The number of aromatic nitrogens is 2. The van der Waals surface area contributed by atoms with E-state index in [1.54, 1.807) is 12.3 Å². The van der Waals surface area contributed by atoms with Crippen LogP contribution in [0.3, 0.4) is 0 Å². The molecule has 1 saturated heterocycles. The van der Waals surface area contributed by atoms with Gasteiger partial charge in [0.1, 0.15) is 5.75 Å². The first-order valence-corrected chi connectivity index (χ1v) is 11.3. The van der Waals surface area contributed by atoms with Crippen LogP contribution in [0.4, 0.5) is 0 Å². The highest BCUT2D eigenvalue weighted by atomic mass is 32.1. The molecule has 2 atom stereocenters. The largest absolute Gasteiger partial charge is 0.506 e. The predicted molar refractivity (Wildman–Crippen MR) is 130 cm³/mol. The summed E-state index contributed by atoms with van der Waals surface area (Å²) < 4.78 is 6.86. The summed E-state index contributed by atoms with van der Waals surface area (Å²) in [6.45, 7) is 4.69. The molecular formula is C25H28N4O3S. The van der Waals surface area contributed by atoms with Crippen LogP contribution in [0.25, 0.3) is 5.69 Å². The zero-order valence-corrected chi connectivity index (χ0v) is 19.8. The molecule has 8 heteroatoms. The number of rotatable bonds is 7. The van der Waals surface area contributed by atoms with Crippen molar-refractivity contribution in [3.05, 3.63) is 77.4 Å². The summed E-state index contributed by atoms with van der Waals surface area (Å²) in [4.78, 5) is 18.4. The monoisotopic (exact) mass is 464 g/mol. The molecule has 0 amide bonds. The molecule has 0 saturated carbocycles. The molecule has 0 spiro atoms. The van der Waals surface area contributed by atoms with Gasteiger partial charge in [0.25, 0.3) is 0 Å². The summed E-state index contributed by atoms with van der Waals surface area (Å²) in [6, 6.07) is 15.1. The third kappa shape index (κ3) is 4.43. The zero-order valence-electron chi connectivity index (χ0n) is 19.0. The second-order valence-electron chi connectivity index (χ2n) is 8.15. The maximum Gasteiger partial charge on any atom is 0.305 e. The van der Waals surface area contributed by atoms with Gasteiger partial charge in [-0.3, -0.25) is 9.78 Å². The van der Waals surface area contributed by atoms with Gasteiger partial charge in [-0.2, -0.15) is 0 Å². The highest BCUT2D eigenvalue weighted by molar-refractivity contribution is 7.80. The summed E-state index contributed by atoms with van der Waals surface area (Å²) in [7, 11) is 1.40. The summed E-state index contributed by atoms with van der Waals surface area (Å²) >= 11 is 5.72. The van der Waals surface area contributed by atoms with E-state index in [0.29, 0.717) is 24.5 Å². The SMILES string of the molecule is COC(=O)CCCN1C(=S)N[C@H](c2ccccn2)[C@@H]1c1cc(C)n(-c2ccccc2O)c1C. The Morgan fingerprint density at radius 2 is 1.97 bits per heavy atom. The minimum absolute atomic E-state index is 0.115. The molecule has 1 aliphatic rings. The predicted octanol–water partition coefficient (Wildman–Crippen LogP) is 4.12. The molecule has 1 aromatic carbocycles. The van der Waals surface area contributed by atoms with Crippen LogP contribution in [0, 0.1) is 13.8 Å². The van der Waals surface area contributed by atoms with Crippen LogP contribution in [-0.4, -0.2) is 44.3 Å². The molecule has 2 N–H and O–H groups in total. The van der Waals surface area contributed by atoms with Gasteiger partial charge in [0.2, 0.25) is 0 Å². The number of phenols is 1. The number of para-hydroxylation sites is 2. The second-order valence-corrected chi connectivity index (χ2v) is 8.54. The minimum atomic E-state index is -0.233. The van der Waals surface area contributed by atoms with Gasteiger partial charge in [0.15, 0.2) is 5.11 Å². The molecule has 33 heavy (non-hydrogen) atoms. The molecule has 1 aliphatic heterocycles. The van der Waals surface area contributed by atoms with Crippen molar-refractivity contribution >= 4 is 23.3 Å². The van der Waals surface area contributed by atoms with E-state index in [-0.39, 0.29) is 23.8 Å². The summed E-state index contributed by atoms with van der Waals surface area (Å²) in [5, 5.41) is 14.6. The minimum Gasteiger partial charge on any atom is -0.506 e. The molecule has 0 radical (unpaired) electrons. The Bertz CT molecular complexity index is 1160. The lowest BCUT2D eigenvalue weighted by Gasteiger charge is -2.28. The Kier molecular flexibility index (Phi) is 6.65. The number of carbonyl (C=O) groups excluding carboxylic acids is 1. The highest BCUT2D eigenvalue weighted by Crippen LogP contribution is 2.42. The lowest BCUT2D eigenvalue weighted by Crippen LogP contribution is -2.31. The Balaban J connectivity index is 1.76. The molecule has 172 valence electrons. The van der Waals surface area contributed by atoms with Crippen LogP contribution in [-0.2, 0) is 9.53 Å². The Hall–Kier alpha value is -3.39. The average Bonchev–Trinajstić information content (AvgIpc) is 3.30. The van der Waals surface area contributed by atoms with Crippen LogP contribution >= 0.6 is 12.2 Å². The van der Waals surface area contributed by atoms with Gasteiger partial charge in [-0.1, -0.05) is 18.2 Å². The molecular weight excluding hydrogens is 436 g/mol. The lowest BCUT2D eigenvalue weighted by molar-refractivity contribution is -0.140. The number of carbonyl (C=O) groups is 1. The van der Waals surface area contributed by atoms with Crippen LogP contribution in [0.2, 0.25) is 0 Å². The maximum atomic E-state index is 11.7. The molecule has 0 unspecified atom stereocenters. The number of benzene rings is 1. The van der Waals surface area contributed by atoms with Crippen molar-refractivity contribution in [2.75, 3.05) is 13.7 Å². The Morgan fingerprint density at radius 3 is 2.67 bits per heavy atom. The fourth-order valence-electron chi connectivity index (χ4n) is 4.59. The topological polar surface area (TPSA) is 79.6 Å². The van der Waals surface area contributed by atoms with Crippen molar-refractivity contribution in [2.24, 2.45) is 0 Å². The van der Waals surface area contributed by atoms with Crippen LogP contribution in [0.5, 0.6) is 5.75 Å². The lowest BCUT2D eigenvalue weighted by atomic mass is 9.96. The second kappa shape index (κ2) is 9.62. The maximum absolute atomic E-state index is 11.7. The number of hydrogen-bond donors (Lipinski definition) is 2. The van der Waals surface area contributed by atoms with Crippen molar-refractivity contribution in [3.8, 4) is 11.4 Å². The number of esters is 1. The molecule has 3 heterocycles. The first-order valence-electron chi connectivity index (χ1n) is 10.9. The number of methoxy groups -OCH3 is 1. The van der Waals surface area contributed by atoms with Gasteiger partial charge in [0.05, 0.1) is 30.6 Å². The van der Waals surface area contributed by atoms with Crippen LogP contribution in [0.15, 0.2) is 54.7 Å². The third-order valence-electron chi connectivity index (χ3n) is 6.12. The molecule has 0 aliphatic carbocycles. The quantitative estimate of drug-likeness (QED) is 0.402. The molecule has 1 fully saturated rings. The summed E-state index contributed by atoms with van der Waals surface area (Å²) in [5.41, 5.74) is 4.75. The van der Waals surface area contributed by atoms with Crippen molar-refractivity contribution in [3.63, 3.8) is 0 Å². The number of aromatic hydroxyl groups is 1. The van der Waals surface area contributed by atoms with Gasteiger partial charge in [-0.05, 0) is 68.4 Å². The van der Waals surface area contributed by atoms with E-state index in [1.165, 1.54) is 7.11 Å². The summed E-state index contributed by atoms with van der Waals surface area (Å²) in [6.07, 6.45) is 2.73. The van der Waals surface area contributed by atoms with Crippen LogP contribution < -0.4 is 5.32 Å². The number of hydrogen-bond acceptors (Lipinski definition) is 5. The fourth-order valence-corrected chi connectivity index (χ4v) is 4.92. The van der Waals surface area contributed by atoms with Crippen molar-refractivity contribution in [2.45, 2.75) is 38.8 Å². The van der Waals surface area contributed by atoms with E-state index in [1.807, 2.05) is 43.3 Å². The molecule has 4 rings (SSSR count). The summed E-state index contributed by atoms with van der Waals surface area (Å²) in [5.74, 6) is -0.00856. The molecule has 0 bridgehead atoms. The van der Waals surface area contributed by atoms with E-state index >= 15 is 0 Å². The van der Waals surface area contributed by atoms with E-state index in [4.69, 9.17) is 17.0 Å². The molecule has 2 aromatic heterocycles. The van der Waals surface area contributed by atoms with Gasteiger partial charge in [0, 0.05) is 30.6 Å². The fraction of sp³-hybridized carbons (Fsp3) is 0.320. The zero-order chi connectivity index (χ0) is 23.5.